The molecule has 0 spiro atoms. The van der Waals surface area contributed by atoms with E-state index in [1.165, 1.54) is 37.0 Å². The Hall–Kier alpha value is -1.10. The highest BCUT2D eigenvalue weighted by Crippen LogP contribution is 2.17. The van der Waals surface area contributed by atoms with Gasteiger partial charge in [0.1, 0.15) is 0 Å². The second-order valence-electron chi connectivity index (χ2n) is 5.88. The van der Waals surface area contributed by atoms with Gasteiger partial charge in [-0.1, -0.05) is 19.3 Å². The fraction of sp³-hybridized carbons (Fsp3) is 0.857. The number of carbonyl (C=O) groups is 2. The largest absolute Gasteiger partial charge is 0.335 e. The van der Waals surface area contributed by atoms with Crippen LogP contribution in [0.3, 0.4) is 0 Å². The van der Waals surface area contributed by atoms with Crippen LogP contribution in [0.1, 0.15) is 51.9 Å². The molecular formula is C14H26N3O2+. The Labute approximate surface area is 115 Å². The van der Waals surface area contributed by atoms with E-state index in [1.54, 1.807) is 0 Å². The lowest BCUT2D eigenvalue weighted by molar-refractivity contribution is -0.901. The monoisotopic (exact) mass is 268 g/mol. The zero-order valence-electron chi connectivity index (χ0n) is 11.8. The van der Waals surface area contributed by atoms with Crippen molar-refractivity contribution >= 4 is 11.9 Å². The molecule has 19 heavy (non-hydrogen) atoms. The van der Waals surface area contributed by atoms with Crippen LogP contribution < -0.4 is 15.5 Å². The summed E-state index contributed by atoms with van der Waals surface area (Å²) in [5.74, 6) is -0.148. The van der Waals surface area contributed by atoms with Gasteiger partial charge in [-0.2, -0.15) is 0 Å². The third-order valence-corrected chi connectivity index (χ3v) is 4.43. The molecule has 1 heterocycles. The summed E-state index contributed by atoms with van der Waals surface area (Å²) in [6.45, 7) is 3.99. The van der Waals surface area contributed by atoms with E-state index in [1.807, 2.05) is 6.92 Å². The Balaban J connectivity index is 1.72. The molecule has 0 radical (unpaired) electrons. The maximum absolute atomic E-state index is 12.0. The molecule has 0 aromatic rings. The Morgan fingerprint density at radius 2 is 1.68 bits per heavy atom. The Morgan fingerprint density at radius 3 is 2.32 bits per heavy atom. The van der Waals surface area contributed by atoms with Crippen molar-refractivity contribution in [3.05, 3.63) is 0 Å². The van der Waals surface area contributed by atoms with Crippen molar-refractivity contribution in [1.82, 2.24) is 10.6 Å². The van der Waals surface area contributed by atoms with Crippen molar-refractivity contribution in [2.24, 2.45) is 0 Å². The number of nitrogens with one attached hydrogen (secondary N) is 3. The summed E-state index contributed by atoms with van der Waals surface area (Å²) in [7, 11) is 0. The fourth-order valence-electron chi connectivity index (χ4n) is 3.14. The number of amides is 3. The van der Waals surface area contributed by atoms with Gasteiger partial charge in [0.15, 0.2) is 6.04 Å². The lowest BCUT2D eigenvalue weighted by Crippen LogP contribution is -3.15. The average Bonchev–Trinajstić information content (AvgIpc) is 2.92. The van der Waals surface area contributed by atoms with Crippen LogP contribution in [0.5, 0.6) is 0 Å². The van der Waals surface area contributed by atoms with E-state index in [9.17, 15) is 9.59 Å². The van der Waals surface area contributed by atoms with E-state index < -0.39 is 0 Å². The summed E-state index contributed by atoms with van der Waals surface area (Å²) in [6, 6.07) is -0.196. The zero-order chi connectivity index (χ0) is 13.7. The van der Waals surface area contributed by atoms with E-state index in [2.05, 4.69) is 10.6 Å². The van der Waals surface area contributed by atoms with Crippen LogP contribution in [-0.2, 0) is 4.79 Å². The van der Waals surface area contributed by atoms with E-state index in [0.717, 1.165) is 25.9 Å². The third-order valence-electron chi connectivity index (χ3n) is 4.43. The Bertz CT molecular complexity index is 321. The molecule has 0 aromatic heterocycles. The first-order valence-electron chi connectivity index (χ1n) is 7.63. The summed E-state index contributed by atoms with van der Waals surface area (Å²) >= 11 is 0. The third kappa shape index (κ3) is 4.20. The van der Waals surface area contributed by atoms with Crippen molar-refractivity contribution in [3.8, 4) is 0 Å². The van der Waals surface area contributed by atoms with Crippen molar-refractivity contribution in [1.29, 1.82) is 0 Å². The van der Waals surface area contributed by atoms with Crippen LogP contribution in [0.15, 0.2) is 0 Å². The van der Waals surface area contributed by atoms with Gasteiger partial charge in [0, 0.05) is 18.9 Å². The lowest BCUT2D eigenvalue weighted by atomic mass is 9.96. The van der Waals surface area contributed by atoms with Gasteiger partial charge in [-0.3, -0.25) is 10.1 Å². The molecule has 2 rings (SSSR count). The van der Waals surface area contributed by atoms with Crippen molar-refractivity contribution < 1.29 is 14.5 Å². The topological polar surface area (TPSA) is 62.6 Å². The Morgan fingerprint density at radius 1 is 1.05 bits per heavy atom. The maximum atomic E-state index is 12.0. The summed E-state index contributed by atoms with van der Waals surface area (Å²) in [6.07, 6.45) is 8.04. The highest BCUT2D eigenvalue weighted by Gasteiger charge is 2.29. The molecular weight excluding hydrogens is 242 g/mol. The Kier molecular flexibility index (Phi) is 5.19. The number of quaternary nitrogens is 1. The van der Waals surface area contributed by atoms with Crippen molar-refractivity contribution in [3.63, 3.8) is 0 Å². The van der Waals surface area contributed by atoms with Gasteiger partial charge < -0.3 is 10.2 Å². The van der Waals surface area contributed by atoms with E-state index in [4.69, 9.17) is 0 Å². The van der Waals surface area contributed by atoms with Gasteiger partial charge >= 0.3 is 6.03 Å². The molecule has 2 aliphatic rings. The SMILES string of the molecule is C[C@H](C(=O)NC(=O)NC1CCCCC1)[NH+]1CCCC1. The van der Waals surface area contributed by atoms with Crippen LogP contribution in [-0.4, -0.2) is 37.1 Å². The quantitative estimate of drug-likeness (QED) is 0.685. The number of rotatable bonds is 3. The van der Waals surface area contributed by atoms with Gasteiger partial charge in [-0.15, -0.1) is 0 Å². The predicted molar refractivity (Wildman–Crippen MR) is 72.9 cm³/mol. The minimum absolute atomic E-state index is 0.125. The van der Waals surface area contributed by atoms with Crippen LogP contribution in [0.4, 0.5) is 4.79 Å². The normalized spacial score (nSPS) is 23.0. The van der Waals surface area contributed by atoms with E-state index >= 15 is 0 Å². The number of carbonyl (C=O) groups excluding carboxylic acids is 2. The molecule has 5 heteroatoms. The molecule has 1 saturated heterocycles. The molecule has 108 valence electrons. The van der Waals surface area contributed by atoms with Crippen LogP contribution in [0.2, 0.25) is 0 Å². The molecule has 3 amide bonds. The van der Waals surface area contributed by atoms with Gasteiger partial charge in [0.2, 0.25) is 0 Å². The number of urea groups is 1. The number of imide groups is 1. The molecule has 0 unspecified atom stereocenters. The standard InChI is InChI=1S/C14H25N3O2/c1-11(17-9-5-6-10-17)13(18)16-14(19)15-12-7-3-2-4-8-12/h11-12H,2-10H2,1H3,(H2,15,16,18,19)/p+1/t11-/m1/s1. The van der Waals surface area contributed by atoms with Gasteiger partial charge in [0.05, 0.1) is 13.1 Å². The zero-order valence-corrected chi connectivity index (χ0v) is 11.8. The van der Waals surface area contributed by atoms with Gasteiger partial charge in [-0.25, -0.2) is 4.79 Å². The summed E-state index contributed by atoms with van der Waals surface area (Å²) < 4.78 is 0. The highest BCUT2D eigenvalue weighted by atomic mass is 16.2. The predicted octanol–water partition coefficient (Wildman–Crippen LogP) is 0.212. The minimum Gasteiger partial charge on any atom is -0.335 e. The molecule has 1 aliphatic carbocycles. The van der Waals surface area contributed by atoms with Crippen molar-refractivity contribution in [2.75, 3.05) is 13.1 Å². The maximum Gasteiger partial charge on any atom is 0.321 e. The molecule has 1 aliphatic heterocycles. The molecule has 5 nitrogen and oxygen atoms in total. The number of hydrogen-bond acceptors (Lipinski definition) is 2. The van der Waals surface area contributed by atoms with E-state index in [0.29, 0.717) is 0 Å². The molecule has 1 atom stereocenters. The first kappa shape index (κ1) is 14.3. The average molecular weight is 268 g/mol. The molecule has 0 bridgehead atoms. The smallest absolute Gasteiger partial charge is 0.321 e. The highest BCUT2D eigenvalue weighted by molar-refractivity contribution is 5.96. The lowest BCUT2D eigenvalue weighted by Gasteiger charge is -2.24. The number of likely N-dealkylation sites (tertiary alicyclic amines) is 1. The second kappa shape index (κ2) is 6.89. The first-order valence-corrected chi connectivity index (χ1v) is 7.63. The second-order valence-corrected chi connectivity index (χ2v) is 5.88. The molecule has 0 aromatic carbocycles. The van der Waals surface area contributed by atoms with E-state index in [-0.39, 0.29) is 24.0 Å². The summed E-state index contributed by atoms with van der Waals surface area (Å²) in [5.41, 5.74) is 0. The molecule has 2 fully saturated rings. The van der Waals surface area contributed by atoms with Crippen LogP contribution in [0, 0.1) is 0 Å². The van der Waals surface area contributed by atoms with Crippen molar-refractivity contribution in [2.45, 2.75) is 64.0 Å². The molecule has 3 N–H and O–H groups in total. The van der Waals surface area contributed by atoms with Crippen LogP contribution in [0.25, 0.3) is 0 Å². The first-order chi connectivity index (χ1) is 9.16. The van der Waals surface area contributed by atoms with Gasteiger partial charge in [-0.05, 0) is 19.8 Å². The summed E-state index contributed by atoms with van der Waals surface area (Å²) in [4.78, 5) is 25.1. The van der Waals surface area contributed by atoms with Crippen LogP contribution >= 0.6 is 0 Å². The minimum atomic E-state index is -0.317. The van der Waals surface area contributed by atoms with Gasteiger partial charge in [0.25, 0.3) is 5.91 Å². The summed E-state index contributed by atoms with van der Waals surface area (Å²) in [5, 5.41) is 5.41. The molecule has 1 saturated carbocycles. The fourth-order valence-corrected chi connectivity index (χ4v) is 3.14. The number of hydrogen-bond donors (Lipinski definition) is 3.